The van der Waals surface area contributed by atoms with E-state index in [4.69, 9.17) is 4.74 Å². The molecule has 2 nitrogen and oxygen atoms in total. The highest BCUT2D eigenvalue weighted by Gasteiger charge is 2.16. The predicted molar refractivity (Wildman–Crippen MR) is 58.9 cm³/mol. The van der Waals surface area contributed by atoms with Gasteiger partial charge in [0.25, 0.3) is 0 Å². The van der Waals surface area contributed by atoms with Gasteiger partial charge in [-0.05, 0) is 19.8 Å². The summed E-state index contributed by atoms with van der Waals surface area (Å²) in [6.07, 6.45) is 3.86. The minimum absolute atomic E-state index is 0.211. The summed E-state index contributed by atoms with van der Waals surface area (Å²) in [7, 11) is 0. The fraction of sp³-hybridized carbons (Fsp3) is 0.583. The van der Waals surface area contributed by atoms with E-state index >= 15 is 0 Å². The lowest BCUT2D eigenvalue weighted by molar-refractivity contribution is -0.145. The first-order valence-corrected chi connectivity index (χ1v) is 4.99. The molecule has 0 spiro atoms. The van der Waals surface area contributed by atoms with Crippen molar-refractivity contribution in [3.05, 3.63) is 24.3 Å². The molecule has 0 amide bonds. The summed E-state index contributed by atoms with van der Waals surface area (Å²) >= 11 is 0. The second-order valence-corrected chi connectivity index (χ2v) is 3.70. The maximum atomic E-state index is 11.5. The molecule has 0 saturated heterocycles. The largest absolute Gasteiger partial charge is 0.465 e. The standard InChI is InChI=1S/C12H20O2/c1-6-14-12(13)11(10(4)5)8-7-9(2)3/h7-9,11H,4,6H2,1-3,5H3/b8-7-. The first-order valence-electron chi connectivity index (χ1n) is 4.99. The zero-order valence-corrected chi connectivity index (χ0v) is 9.54. The summed E-state index contributed by atoms with van der Waals surface area (Å²) < 4.78 is 4.95. The quantitative estimate of drug-likeness (QED) is 0.499. The Morgan fingerprint density at radius 2 is 2.00 bits per heavy atom. The van der Waals surface area contributed by atoms with E-state index in [9.17, 15) is 4.79 Å². The van der Waals surface area contributed by atoms with Crippen LogP contribution in [0, 0.1) is 11.8 Å². The number of carbonyl (C=O) groups excluding carboxylic acids is 1. The first kappa shape index (κ1) is 12.9. The Morgan fingerprint density at radius 3 is 2.36 bits per heavy atom. The molecule has 14 heavy (non-hydrogen) atoms. The second kappa shape index (κ2) is 6.41. The van der Waals surface area contributed by atoms with Gasteiger partial charge in [-0.25, -0.2) is 0 Å². The maximum Gasteiger partial charge on any atom is 0.316 e. The van der Waals surface area contributed by atoms with Gasteiger partial charge < -0.3 is 4.74 Å². The van der Waals surface area contributed by atoms with Crippen molar-refractivity contribution >= 4 is 5.97 Å². The second-order valence-electron chi connectivity index (χ2n) is 3.70. The Balaban J connectivity index is 4.44. The number of esters is 1. The molecular formula is C12H20O2. The van der Waals surface area contributed by atoms with Crippen LogP contribution in [0.3, 0.4) is 0 Å². The molecule has 0 heterocycles. The van der Waals surface area contributed by atoms with Gasteiger partial charge in [-0.3, -0.25) is 4.79 Å². The third-order valence-corrected chi connectivity index (χ3v) is 1.76. The zero-order chi connectivity index (χ0) is 11.1. The Kier molecular flexibility index (Phi) is 5.93. The number of ether oxygens (including phenoxy) is 1. The van der Waals surface area contributed by atoms with E-state index in [1.807, 2.05) is 19.1 Å². The van der Waals surface area contributed by atoms with Crippen LogP contribution in [0.2, 0.25) is 0 Å². The highest BCUT2D eigenvalue weighted by atomic mass is 16.5. The molecule has 0 radical (unpaired) electrons. The third kappa shape index (κ3) is 4.85. The molecule has 0 aromatic carbocycles. The highest BCUT2D eigenvalue weighted by Crippen LogP contribution is 2.13. The van der Waals surface area contributed by atoms with Crippen LogP contribution in [0.4, 0.5) is 0 Å². The van der Waals surface area contributed by atoms with Crippen LogP contribution in [-0.4, -0.2) is 12.6 Å². The van der Waals surface area contributed by atoms with E-state index in [2.05, 4.69) is 20.4 Å². The first-order chi connectivity index (χ1) is 6.49. The zero-order valence-electron chi connectivity index (χ0n) is 9.54. The lowest BCUT2D eigenvalue weighted by atomic mass is 10.00. The molecule has 0 fully saturated rings. The van der Waals surface area contributed by atoms with Gasteiger partial charge in [-0.2, -0.15) is 0 Å². The number of rotatable bonds is 5. The fourth-order valence-electron chi connectivity index (χ4n) is 1.01. The average molecular weight is 196 g/mol. The predicted octanol–water partition coefficient (Wildman–Crippen LogP) is 2.95. The summed E-state index contributed by atoms with van der Waals surface area (Å²) in [4.78, 5) is 11.5. The van der Waals surface area contributed by atoms with Crippen molar-refractivity contribution < 1.29 is 9.53 Å². The Hall–Kier alpha value is -1.05. The lowest BCUT2D eigenvalue weighted by Gasteiger charge is -2.11. The van der Waals surface area contributed by atoms with Gasteiger partial charge in [-0.15, -0.1) is 0 Å². The van der Waals surface area contributed by atoms with Crippen LogP contribution < -0.4 is 0 Å². The normalized spacial score (nSPS) is 13.2. The van der Waals surface area contributed by atoms with E-state index in [0.717, 1.165) is 5.57 Å². The fourth-order valence-corrected chi connectivity index (χ4v) is 1.01. The van der Waals surface area contributed by atoms with Crippen molar-refractivity contribution in [2.24, 2.45) is 11.8 Å². The van der Waals surface area contributed by atoms with Crippen molar-refractivity contribution in [2.45, 2.75) is 27.7 Å². The Labute approximate surface area is 86.6 Å². The van der Waals surface area contributed by atoms with Crippen molar-refractivity contribution in [1.29, 1.82) is 0 Å². The molecule has 0 rings (SSSR count). The van der Waals surface area contributed by atoms with Crippen molar-refractivity contribution in [2.75, 3.05) is 6.61 Å². The monoisotopic (exact) mass is 196 g/mol. The Bertz CT molecular complexity index is 226. The van der Waals surface area contributed by atoms with E-state index < -0.39 is 0 Å². The van der Waals surface area contributed by atoms with E-state index in [-0.39, 0.29) is 11.9 Å². The molecule has 0 bridgehead atoms. The maximum absolute atomic E-state index is 11.5. The van der Waals surface area contributed by atoms with Crippen molar-refractivity contribution in [3.8, 4) is 0 Å². The Morgan fingerprint density at radius 1 is 1.43 bits per heavy atom. The van der Waals surface area contributed by atoms with Gasteiger partial charge in [0.05, 0.1) is 12.5 Å². The lowest BCUT2D eigenvalue weighted by Crippen LogP contribution is -2.16. The van der Waals surface area contributed by atoms with E-state index in [0.29, 0.717) is 12.5 Å². The summed E-state index contributed by atoms with van der Waals surface area (Å²) in [5.41, 5.74) is 0.820. The molecule has 0 N–H and O–H groups in total. The van der Waals surface area contributed by atoms with Gasteiger partial charge in [-0.1, -0.05) is 38.2 Å². The van der Waals surface area contributed by atoms with Crippen LogP contribution in [0.15, 0.2) is 24.3 Å². The van der Waals surface area contributed by atoms with Crippen LogP contribution in [-0.2, 0) is 9.53 Å². The van der Waals surface area contributed by atoms with Crippen LogP contribution in [0.5, 0.6) is 0 Å². The molecule has 0 saturated carbocycles. The summed E-state index contributed by atoms with van der Waals surface area (Å²) in [5, 5.41) is 0. The topological polar surface area (TPSA) is 26.3 Å². The number of carbonyl (C=O) groups is 1. The molecule has 80 valence electrons. The molecule has 0 aliphatic rings. The average Bonchev–Trinajstić information content (AvgIpc) is 2.03. The van der Waals surface area contributed by atoms with Crippen LogP contribution >= 0.6 is 0 Å². The number of hydrogen-bond acceptors (Lipinski definition) is 2. The minimum atomic E-state index is -0.294. The van der Waals surface area contributed by atoms with Gasteiger partial charge in [0.15, 0.2) is 0 Å². The molecule has 0 aliphatic heterocycles. The third-order valence-electron chi connectivity index (χ3n) is 1.76. The molecule has 0 aromatic heterocycles. The minimum Gasteiger partial charge on any atom is -0.465 e. The summed E-state index contributed by atoms with van der Waals surface area (Å²) in [6, 6.07) is 0. The van der Waals surface area contributed by atoms with Gasteiger partial charge in [0.1, 0.15) is 0 Å². The summed E-state index contributed by atoms with van der Waals surface area (Å²) in [6.45, 7) is 12.0. The number of hydrogen-bond donors (Lipinski definition) is 0. The molecule has 0 aromatic rings. The van der Waals surface area contributed by atoms with Crippen LogP contribution in [0.1, 0.15) is 27.7 Å². The SMILES string of the molecule is C=C(C)C(/C=C\C(C)C)C(=O)OCC. The van der Waals surface area contributed by atoms with Crippen molar-refractivity contribution in [1.82, 2.24) is 0 Å². The molecule has 1 atom stereocenters. The molecule has 2 heteroatoms. The van der Waals surface area contributed by atoms with Gasteiger partial charge in [0.2, 0.25) is 0 Å². The van der Waals surface area contributed by atoms with Crippen LogP contribution in [0.25, 0.3) is 0 Å². The molecule has 1 unspecified atom stereocenters. The number of allylic oxidation sites excluding steroid dienone is 1. The molecular weight excluding hydrogens is 176 g/mol. The van der Waals surface area contributed by atoms with E-state index in [1.54, 1.807) is 6.92 Å². The van der Waals surface area contributed by atoms with E-state index in [1.165, 1.54) is 0 Å². The van der Waals surface area contributed by atoms with Gasteiger partial charge in [0, 0.05) is 0 Å². The van der Waals surface area contributed by atoms with Gasteiger partial charge >= 0.3 is 5.97 Å². The summed E-state index contributed by atoms with van der Waals surface area (Å²) in [5.74, 6) is -0.0690. The highest BCUT2D eigenvalue weighted by molar-refractivity contribution is 5.77. The molecule has 0 aliphatic carbocycles. The van der Waals surface area contributed by atoms with Crippen molar-refractivity contribution in [3.63, 3.8) is 0 Å². The smallest absolute Gasteiger partial charge is 0.316 e.